The summed E-state index contributed by atoms with van der Waals surface area (Å²) < 4.78 is 0. The van der Waals surface area contributed by atoms with Crippen LogP contribution in [0.2, 0.25) is 0 Å². The summed E-state index contributed by atoms with van der Waals surface area (Å²) in [7, 11) is 0. The molecule has 3 heteroatoms. The van der Waals surface area contributed by atoms with Crippen molar-refractivity contribution in [3.63, 3.8) is 0 Å². The summed E-state index contributed by atoms with van der Waals surface area (Å²) in [6.45, 7) is 1.05. The van der Waals surface area contributed by atoms with Crippen LogP contribution >= 0.6 is 0 Å². The first kappa shape index (κ1) is 11.9. The number of carbonyl (C=O) groups is 1. The molecule has 0 aromatic heterocycles. The van der Waals surface area contributed by atoms with Crippen molar-refractivity contribution >= 4 is 5.91 Å². The van der Waals surface area contributed by atoms with Crippen LogP contribution in [0, 0.1) is 17.8 Å². The minimum absolute atomic E-state index is 0.265. The molecule has 0 saturated heterocycles. The van der Waals surface area contributed by atoms with Gasteiger partial charge in [0.05, 0.1) is 0 Å². The summed E-state index contributed by atoms with van der Waals surface area (Å²) in [5.41, 5.74) is 0. The first-order valence-corrected chi connectivity index (χ1v) is 6.73. The molecular weight excluding hydrogens is 202 g/mol. The highest BCUT2D eigenvalue weighted by molar-refractivity contribution is 5.82. The number of carbonyl (C=O) groups excluding carboxylic acids is 1. The van der Waals surface area contributed by atoms with Gasteiger partial charge in [0.25, 0.3) is 0 Å². The lowest BCUT2D eigenvalue weighted by Gasteiger charge is -2.04. The van der Waals surface area contributed by atoms with Crippen molar-refractivity contribution in [3.8, 4) is 0 Å². The minimum Gasteiger partial charge on any atom is -0.396 e. The Morgan fingerprint density at radius 2 is 1.81 bits per heavy atom. The van der Waals surface area contributed by atoms with Crippen LogP contribution in [0.4, 0.5) is 0 Å². The van der Waals surface area contributed by atoms with Crippen LogP contribution in [0.25, 0.3) is 0 Å². The molecule has 2 atom stereocenters. The van der Waals surface area contributed by atoms with Crippen LogP contribution in [0.5, 0.6) is 0 Å². The quantitative estimate of drug-likeness (QED) is 0.676. The number of hydrogen-bond donors (Lipinski definition) is 2. The number of hydrogen-bond acceptors (Lipinski definition) is 2. The monoisotopic (exact) mass is 225 g/mol. The lowest BCUT2D eigenvalue weighted by atomic mass is 10.0. The summed E-state index contributed by atoms with van der Waals surface area (Å²) in [6.07, 6.45) is 8.04. The molecule has 2 rings (SSSR count). The molecule has 2 N–H and O–H groups in total. The summed E-state index contributed by atoms with van der Waals surface area (Å²) in [5, 5.41) is 11.7. The van der Waals surface area contributed by atoms with Gasteiger partial charge in [-0.2, -0.15) is 0 Å². The van der Waals surface area contributed by atoms with E-state index in [2.05, 4.69) is 5.32 Å². The highest BCUT2D eigenvalue weighted by Gasteiger charge is 2.54. The summed E-state index contributed by atoms with van der Waals surface area (Å²) in [4.78, 5) is 11.8. The Hall–Kier alpha value is -0.570. The lowest BCUT2D eigenvalue weighted by molar-refractivity contribution is -0.122. The zero-order chi connectivity index (χ0) is 11.4. The maximum absolute atomic E-state index is 11.8. The first-order chi connectivity index (χ1) is 7.84. The van der Waals surface area contributed by atoms with E-state index in [0.29, 0.717) is 23.7 Å². The van der Waals surface area contributed by atoms with Gasteiger partial charge in [0.15, 0.2) is 0 Å². The maximum atomic E-state index is 11.8. The third-order valence-corrected chi connectivity index (χ3v) is 4.09. The largest absolute Gasteiger partial charge is 0.396 e. The van der Waals surface area contributed by atoms with Gasteiger partial charge in [-0.25, -0.2) is 0 Å². The Balaban J connectivity index is 1.58. The van der Waals surface area contributed by atoms with Crippen molar-refractivity contribution in [1.82, 2.24) is 5.32 Å². The van der Waals surface area contributed by atoms with E-state index in [9.17, 15) is 4.79 Å². The second-order valence-corrected chi connectivity index (χ2v) is 5.21. The molecule has 0 aromatic carbocycles. The second-order valence-electron chi connectivity index (χ2n) is 5.21. The van der Waals surface area contributed by atoms with E-state index in [-0.39, 0.29) is 6.61 Å². The van der Waals surface area contributed by atoms with Crippen LogP contribution in [0.3, 0.4) is 0 Å². The molecule has 3 nitrogen and oxygen atoms in total. The molecule has 1 amide bonds. The predicted octanol–water partition coefficient (Wildman–Crippen LogP) is 1.70. The predicted molar refractivity (Wildman–Crippen MR) is 62.9 cm³/mol. The third-order valence-electron chi connectivity index (χ3n) is 4.09. The van der Waals surface area contributed by atoms with Crippen LogP contribution in [-0.4, -0.2) is 24.2 Å². The molecule has 0 aliphatic heterocycles. The van der Waals surface area contributed by atoms with Gasteiger partial charge in [-0.15, -0.1) is 0 Å². The zero-order valence-electron chi connectivity index (χ0n) is 9.95. The highest BCUT2D eigenvalue weighted by Crippen LogP contribution is 2.55. The maximum Gasteiger partial charge on any atom is 0.223 e. The van der Waals surface area contributed by atoms with Gasteiger partial charge in [-0.1, -0.05) is 12.8 Å². The molecule has 0 aromatic rings. The average Bonchev–Trinajstić information content (AvgIpc) is 3.02. The second kappa shape index (κ2) is 5.67. The molecule has 2 unspecified atom stereocenters. The number of amides is 1. The van der Waals surface area contributed by atoms with Gasteiger partial charge < -0.3 is 10.4 Å². The van der Waals surface area contributed by atoms with Gasteiger partial charge in [-0.05, 0) is 43.9 Å². The van der Waals surface area contributed by atoms with Gasteiger partial charge >= 0.3 is 0 Å². The van der Waals surface area contributed by atoms with Crippen molar-refractivity contribution in [3.05, 3.63) is 0 Å². The van der Waals surface area contributed by atoms with E-state index in [4.69, 9.17) is 5.11 Å². The molecule has 0 spiro atoms. The topological polar surface area (TPSA) is 49.3 Å². The fourth-order valence-corrected chi connectivity index (χ4v) is 3.12. The highest BCUT2D eigenvalue weighted by atomic mass is 16.2. The molecule has 0 heterocycles. The number of fused-ring (bicyclic) bond motifs is 1. The summed E-state index contributed by atoms with van der Waals surface area (Å²) in [5.74, 6) is 2.07. The number of rotatable bonds is 6. The lowest BCUT2D eigenvalue weighted by Crippen LogP contribution is -2.27. The molecule has 2 aliphatic rings. The Morgan fingerprint density at radius 1 is 1.12 bits per heavy atom. The molecule has 0 bridgehead atoms. The molecule has 2 aliphatic carbocycles. The van der Waals surface area contributed by atoms with Crippen molar-refractivity contribution < 1.29 is 9.90 Å². The van der Waals surface area contributed by atoms with Crippen LogP contribution in [0.15, 0.2) is 0 Å². The molecule has 2 saturated carbocycles. The first-order valence-electron chi connectivity index (χ1n) is 6.73. The van der Waals surface area contributed by atoms with Crippen molar-refractivity contribution in [2.45, 2.75) is 44.9 Å². The number of aliphatic hydroxyl groups excluding tert-OH is 1. The number of nitrogens with one attached hydrogen (secondary N) is 1. The Labute approximate surface area is 97.6 Å². The summed E-state index contributed by atoms with van der Waals surface area (Å²) >= 11 is 0. The smallest absolute Gasteiger partial charge is 0.223 e. The molecular formula is C13H23NO2. The SMILES string of the molecule is O=C(NCCCCCO)C1C2CCCCC21. The standard InChI is InChI=1S/C13H23NO2/c15-9-5-1-4-8-14-13(16)12-10-6-2-3-7-11(10)12/h10-12,15H,1-9H2,(H,14,16). The Bertz CT molecular complexity index is 230. The van der Waals surface area contributed by atoms with Crippen LogP contribution < -0.4 is 5.32 Å². The van der Waals surface area contributed by atoms with Crippen LogP contribution in [0.1, 0.15) is 44.9 Å². The van der Waals surface area contributed by atoms with E-state index < -0.39 is 0 Å². The Morgan fingerprint density at radius 3 is 2.44 bits per heavy atom. The number of aliphatic hydroxyl groups is 1. The van der Waals surface area contributed by atoms with E-state index in [1.165, 1.54) is 25.7 Å². The van der Waals surface area contributed by atoms with Gasteiger partial charge in [0.1, 0.15) is 0 Å². The molecule has 0 radical (unpaired) electrons. The Kier molecular flexibility index (Phi) is 4.22. The number of unbranched alkanes of at least 4 members (excludes halogenated alkanes) is 2. The molecule has 2 fully saturated rings. The molecule has 16 heavy (non-hydrogen) atoms. The fraction of sp³-hybridized carbons (Fsp3) is 0.923. The van der Waals surface area contributed by atoms with Crippen molar-refractivity contribution in [2.75, 3.05) is 13.2 Å². The van der Waals surface area contributed by atoms with E-state index in [0.717, 1.165) is 25.8 Å². The zero-order valence-corrected chi connectivity index (χ0v) is 9.95. The van der Waals surface area contributed by atoms with Crippen molar-refractivity contribution in [2.24, 2.45) is 17.8 Å². The normalized spacial score (nSPS) is 31.9. The minimum atomic E-state index is 0.265. The summed E-state index contributed by atoms with van der Waals surface area (Å²) in [6, 6.07) is 0. The molecule has 92 valence electrons. The van der Waals surface area contributed by atoms with Crippen molar-refractivity contribution in [1.29, 1.82) is 0 Å². The van der Waals surface area contributed by atoms with E-state index in [1.54, 1.807) is 0 Å². The van der Waals surface area contributed by atoms with E-state index in [1.807, 2.05) is 0 Å². The van der Waals surface area contributed by atoms with Crippen LogP contribution in [-0.2, 0) is 4.79 Å². The van der Waals surface area contributed by atoms with E-state index >= 15 is 0 Å². The average molecular weight is 225 g/mol. The fourth-order valence-electron chi connectivity index (χ4n) is 3.12. The van der Waals surface area contributed by atoms with Gasteiger partial charge in [0, 0.05) is 19.1 Å². The third kappa shape index (κ3) is 2.76. The van der Waals surface area contributed by atoms with Gasteiger partial charge in [-0.3, -0.25) is 4.79 Å². The van der Waals surface area contributed by atoms with Gasteiger partial charge in [0.2, 0.25) is 5.91 Å².